The second kappa shape index (κ2) is 16.9. The summed E-state index contributed by atoms with van der Waals surface area (Å²) in [6.07, 6.45) is 2.66. The molecule has 1 saturated heterocycles. The molecule has 2 aromatic carbocycles. The number of hydrazone groups is 1. The summed E-state index contributed by atoms with van der Waals surface area (Å²) in [5.41, 5.74) is 4.81. The fourth-order valence-corrected chi connectivity index (χ4v) is 3.20. The molecule has 0 bridgehead atoms. The number of nitrogens with zero attached hydrogens (tertiary/aromatic N) is 3. The lowest BCUT2D eigenvalue weighted by Crippen LogP contribution is -2.37. The summed E-state index contributed by atoms with van der Waals surface area (Å²) in [6, 6.07) is 16.7. The van der Waals surface area contributed by atoms with Crippen LogP contribution in [0.15, 0.2) is 59.7 Å². The highest BCUT2D eigenvalue weighted by molar-refractivity contribution is 6.14. The van der Waals surface area contributed by atoms with Gasteiger partial charge in [0.25, 0.3) is 5.91 Å². The Hall–Kier alpha value is -3.68. The minimum absolute atomic E-state index is 0.123. The Balaban J connectivity index is 0.00000137. The summed E-state index contributed by atoms with van der Waals surface area (Å²) in [4.78, 5) is 28.9. The van der Waals surface area contributed by atoms with Crippen molar-refractivity contribution in [2.45, 2.75) is 40.7 Å². The highest BCUT2D eigenvalue weighted by atomic mass is 16.6. The van der Waals surface area contributed by atoms with E-state index in [1.54, 1.807) is 28.0 Å². The maximum Gasteiger partial charge on any atom is 0.410 e. The number of carbonyl (C=O) groups excluding carboxylic acids is 2. The van der Waals surface area contributed by atoms with E-state index >= 15 is 0 Å². The standard InChI is InChI=1S/C22H25N5O3.2C2H6/c23-11-12-24-25-20-10-5-4-9-19(20)21(28)26-13-6-14-27(16-15-26)22(29)30-17-18-7-2-1-3-8-18;2*1-2/h1-5,7-12,23,25H,6,13-17H2;2*1-2H3/b23-11?,24-12-;;. The van der Waals surface area contributed by atoms with Gasteiger partial charge in [0.2, 0.25) is 0 Å². The Labute approximate surface area is 203 Å². The first-order valence-electron chi connectivity index (χ1n) is 11.8. The Morgan fingerprint density at radius 2 is 1.56 bits per heavy atom. The molecule has 0 aliphatic carbocycles. The van der Waals surface area contributed by atoms with Gasteiger partial charge in [-0.3, -0.25) is 10.2 Å². The number of benzene rings is 2. The van der Waals surface area contributed by atoms with E-state index in [1.165, 1.54) is 6.21 Å². The molecule has 34 heavy (non-hydrogen) atoms. The third kappa shape index (κ3) is 9.05. The van der Waals surface area contributed by atoms with Gasteiger partial charge in [0, 0.05) is 32.4 Å². The molecule has 2 N–H and O–H groups in total. The molecule has 3 rings (SSSR count). The second-order valence-electron chi connectivity index (χ2n) is 6.78. The SMILES string of the molecule is CC.CC.N=C/C=N\Nc1ccccc1C(=O)N1CCCN(C(=O)OCc2ccccc2)CC1. The number of carbonyl (C=O) groups is 2. The van der Waals surface area contributed by atoms with Gasteiger partial charge < -0.3 is 19.9 Å². The lowest BCUT2D eigenvalue weighted by Gasteiger charge is -2.22. The van der Waals surface area contributed by atoms with E-state index in [-0.39, 0.29) is 18.6 Å². The van der Waals surface area contributed by atoms with Crippen molar-refractivity contribution in [1.29, 1.82) is 5.41 Å². The fraction of sp³-hybridized carbons (Fsp3) is 0.385. The Kier molecular flexibility index (Phi) is 14.1. The van der Waals surface area contributed by atoms with Crippen LogP contribution in [0.2, 0.25) is 0 Å². The number of nitrogens with one attached hydrogen (secondary N) is 2. The van der Waals surface area contributed by atoms with Crippen molar-refractivity contribution >= 4 is 30.1 Å². The average Bonchev–Trinajstić information content (AvgIpc) is 3.17. The van der Waals surface area contributed by atoms with Crippen molar-refractivity contribution in [3.8, 4) is 0 Å². The van der Waals surface area contributed by atoms with Gasteiger partial charge in [-0.25, -0.2) is 4.79 Å². The van der Waals surface area contributed by atoms with Crippen molar-refractivity contribution in [3.63, 3.8) is 0 Å². The molecule has 184 valence electrons. The molecular formula is C26H37N5O3. The summed E-state index contributed by atoms with van der Waals surface area (Å²) < 4.78 is 5.42. The Morgan fingerprint density at radius 1 is 0.941 bits per heavy atom. The quantitative estimate of drug-likeness (QED) is 0.447. The smallest absolute Gasteiger partial charge is 0.410 e. The van der Waals surface area contributed by atoms with E-state index in [2.05, 4.69) is 10.5 Å². The van der Waals surface area contributed by atoms with Crippen LogP contribution in [0.3, 0.4) is 0 Å². The first-order chi connectivity index (χ1) is 16.7. The Bertz CT molecular complexity index is 902. The molecule has 8 nitrogen and oxygen atoms in total. The topological polar surface area (TPSA) is 98.1 Å². The van der Waals surface area contributed by atoms with Gasteiger partial charge in [0.15, 0.2) is 0 Å². The molecule has 0 aromatic heterocycles. The molecule has 1 aliphatic heterocycles. The number of ether oxygens (including phenoxy) is 1. The predicted molar refractivity (Wildman–Crippen MR) is 139 cm³/mol. The molecule has 1 heterocycles. The van der Waals surface area contributed by atoms with E-state index in [4.69, 9.17) is 10.1 Å². The first-order valence-corrected chi connectivity index (χ1v) is 11.8. The number of anilines is 1. The van der Waals surface area contributed by atoms with Crippen molar-refractivity contribution in [1.82, 2.24) is 9.80 Å². The Morgan fingerprint density at radius 3 is 2.26 bits per heavy atom. The van der Waals surface area contributed by atoms with Crippen molar-refractivity contribution in [2.75, 3.05) is 31.6 Å². The first kappa shape index (κ1) is 28.4. The van der Waals surface area contributed by atoms with Gasteiger partial charge in [-0.1, -0.05) is 70.2 Å². The summed E-state index contributed by atoms with van der Waals surface area (Å²) in [7, 11) is 0. The van der Waals surface area contributed by atoms with Crippen LogP contribution >= 0.6 is 0 Å². The van der Waals surface area contributed by atoms with Gasteiger partial charge in [-0.2, -0.15) is 5.10 Å². The summed E-state index contributed by atoms with van der Waals surface area (Å²) in [5.74, 6) is -0.123. The molecule has 0 spiro atoms. The van der Waals surface area contributed by atoms with Crippen LogP contribution in [-0.2, 0) is 11.3 Å². The largest absolute Gasteiger partial charge is 0.445 e. The van der Waals surface area contributed by atoms with Gasteiger partial charge in [0.1, 0.15) is 6.61 Å². The summed E-state index contributed by atoms with van der Waals surface area (Å²) in [5, 5.41) is 10.9. The van der Waals surface area contributed by atoms with Gasteiger partial charge >= 0.3 is 6.09 Å². The zero-order valence-corrected chi connectivity index (χ0v) is 20.7. The number of para-hydroxylation sites is 1. The molecule has 0 saturated carbocycles. The van der Waals surface area contributed by atoms with Crippen LogP contribution in [0.5, 0.6) is 0 Å². The zero-order chi connectivity index (χ0) is 25.2. The molecule has 0 atom stereocenters. The third-order valence-corrected chi connectivity index (χ3v) is 4.74. The van der Waals surface area contributed by atoms with Crippen molar-refractivity contribution < 1.29 is 14.3 Å². The summed E-state index contributed by atoms with van der Waals surface area (Å²) >= 11 is 0. The highest BCUT2D eigenvalue weighted by Crippen LogP contribution is 2.19. The second-order valence-corrected chi connectivity index (χ2v) is 6.78. The highest BCUT2D eigenvalue weighted by Gasteiger charge is 2.24. The van der Waals surface area contributed by atoms with E-state index in [9.17, 15) is 9.59 Å². The van der Waals surface area contributed by atoms with Gasteiger partial charge in [-0.15, -0.1) is 0 Å². The lowest BCUT2D eigenvalue weighted by atomic mass is 10.1. The van der Waals surface area contributed by atoms with Crippen molar-refractivity contribution in [3.05, 3.63) is 65.7 Å². The van der Waals surface area contributed by atoms with Crippen LogP contribution in [0.1, 0.15) is 50.0 Å². The number of rotatable bonds is 6. The zero-order valence-electron chi connectivity index (χ0n) is 20.7. The molecular weight excluding hydrogens is 430 g/mol. The monoisotopic (exact) mass is 467 g/mol. The van der Waals surface area contributed by atoms with Crippen LogP contribution in [0, 0.1) is 5.41 Å². The van der Waals surface area contributed by atoms with Gasteiger partial charge in [-0.05, 0) is 24.1 Å². The third-order valence-electron chi connectivity index (χ3n) is 4.74. The summed E-state index contributed by atoms with van der Waals surface area (Å²) in [6.45, 7) is 10.2. The molecule has 0 unspecified atom stereocenters. The molecule has 2 amide bonds. The minimum Gasteiger partial charge on any atom is -0.445 e. The van der Waals surface area contributed by atoms with E-state index in [0.29, 0.717) is 43.9 Å². The fourth-order valence-electron chi connectivity index (χ4n) is 3.20. The molecule has 2 aromatic rings. The molecule has 1 fully saturated rings. The van der Waals surface area contributed by atoms with E-state index in [0.717, 1.165) is 11.8 Å². The molecule has 1 aliphatic rings. The molecule has 8 heteroatoms. The van der Waals surface area contributed by atoms with E-state index < -0.39 is 0 Å². The van der Waals surface area contributed by atoms with Crippen LogP contribution in [-0.4, -0.2) is 60.4 Å². The maximum absolute atomic E-state index is 13.0. The van der Waals surface area contributed by atoms with Crippen LogP contribution in [0.25, 0.3) is 0 Å². The lowest BCUT2D eigenvalue weighted by molar-refractivity contribution is 0.0750. The van der Waals surface area contributed by atoms with Crippen LogP contribution in [0.4, 0.5) is 10.5 Å². The van der Waals surface area contributed by atoms with Crippen LogP contribution < -0.4 is 5.43 Å². The normalized spacial score (nSPS) is 12.9. The average molecular weight is 468 g/mol. The number of amides is 2. The maximum atomic E-state index is 13.0. The number of hydrogen-bond acceptors (Lipinski definition) is 6. The van der Waals surface area contributed by atoms with E-state index in [1.807, 2.05) is 64.1 Å². The molecule has 0 radical (unpaired) electrons. The van der Waals surface area contributed by atoms with Crippen molar-refractivity contribution in [2.24, 2.45) is 5.10 Å². The minimum atomic E-state index is -0.365. The number of hydrogen-bond donors (Lipinski definition) is 2. The van der Waals surface area contributed by atoms with Gasteiger partial charge in [0.05, 0.1) is 17.5 Å². The predicted octanol–water partition coefficient (Wildman–Crippen LogP) is 5.27.